The van der Waals surface area contributed by atoms with Crippen molar-refractivity contribution in [3.63, 3.8) is 0 Å². The van der Waals surface area contributed by atoms with Crippen molar-refractivity contribution in [1.82, 2.24) is 0 Å². The van der Waals surface area contributed by atoms with Gasteiger partial charge in [0.15, 0.2) is 11.6 Å². The van der Waals surface area contributed by atoms with Crippen LogP contribution in [0.3, 0.4) is 0 Å². The smallest absolute Gasteiger partial charge is 0.170 e. The number of carbonyl (C=O) groups excluding carboxylic acids is 2. The average Bonchev–Trinajstić information content (AvgIpc) is 2.42. The average molecular weight is 273 g/mol. The molecule has 0 spiro atoms. The summed E-state index contributed by atoms with van der Waals surface area (Å²) in [5.74, 6) is -0.391. The van der Waals surface area contributed by atoms with Gasteiger partial charge in [-0.05, 0) is 18.6 Å². The lowest BCUT2D eigenvalue weighted by Crippen LogP contribution is -2.08. The van der Waals surface area contributed by atoms with Crippen LogP contribution in [0.5, 0.6) is 0 Å². The molecule has 0 saturated heterocycles. The number of benzene rings is 2. The lowest BCUT2D eigenvalue weighted by Gasteiger charge is -2.03. The van der Waals surface area contributed by atoms with Gasteiger partial charge in [-0.1, -0.05) is 54.1 Å². The van der Waals surface area contributed by atoms with Crippen LogP contribution in [0.15, 0.2) is 48.5 Å². The standard InChI is InChI=1S/C16H13ClO2/c1-11-7-8-13(9-14(11)17)16(19)10-15(18)12-5-3-2-4-6-12/h2-9H,10H2,1H3. The number of Topliss-reactive ketones (excluding diaryl/α,β-unsaturated/α-hetero) is 2. The van der Waals surface area contributed by atoms with Crippen LogP contribution >= 0.6 is 11.6 Å². The van der Waals surface area contributed by atoms with Crippen molar-refractivity contribution in [2.75, 3.05) is 0 Å². The normalized spacial score (nSPS) is 10.2. The van der Waals surface area contributed by atoms with E-state index in [1.165, 1.54) is 0 Å². The first-order valence-electron chi connectivity index (χ1n) is 5.95. The van der Waals surface area contributed by atoms with Crippen LogP contribution in [-0.4, -0.2) is 11.6 Å². The molecule has 0 amide bonds. The van der Waals surface area contributed by atoms with Crippen LogP contribution in [0.4, 0.5) is 0 Å². The molecule has 0 bridgehead atoms. The zero-order valence-corrected chi connectivity index (χ0v) is 11.3. The number of halogens is 1. The quantitative estimate of drug-likeness (QED) is 0.620. The highest BCUT2D eigenvalue weighted by Gasteiger charge is 2.14. The Bertz CT molecular complexity index is 618. The second-order valence-electron chi connectivity index (χ2n) is 4.35. The number of hydrogen-bond acceptors (Lipinski definition) is 2. The van der Waals surface area contributed by atoms with Gasteiger partial charge in [0.05, 0.1) is 6.42 Å². The van der Waals surface area contributed by atoms with E-state index in [1.54, 1.807) is 42.5 Å². The second kappa shape index (κ2) is 5.81. The minimum Gasteiger partial charge on any atom is -0.294 e. The van der Waals surface area contributed by atoms with Crippen LogP contribution < -0.4 is 0 Å². The molecule has 0 heterocycles. The fourth-order valence-corrected chi connectivity index (χ4v) is 1.92. The first kappa shape index (κ1) is 13.5. The first-order valence-corrected chi connectivity index (χ1v) is 6.33. The lowest BCUT2D eigenvalue weighted by molar-refractivity contribution is 0.0894. The minimum atomic E-state index is -0.212. The van der Waals surface area contributed by atoms with Crippen molar-refractivity contribution in [3.8, 4) is 0 Å². The first-order chi connectivity index (χ1) is 9.08. The van der Waals surface area contributed by atoms with E-state index in [1.807, 2.05) is 13.0 Å². The summed E-state index contributed by atoms with van der Waals surface area (Å²) in [5, 5.41) is 0.540. The van der Waals surface area contributed by atoms with Gasteiger partial charge in [-0.3, -0.25) is 9.59 Å². The van der Waals surface area contributed by atoms with Gasteiger partial charge in [0.1, 0.15) is 0 Å². The fraction of sp³-hybridized carbons (Fsp3) is 0.125. The third-order valence-electron chi connectivity index (χ3n) is 2.91. The molecule has 0 aliphatic carbocycles. The highest BCUT2D eigenvalue weighted by Crippen LogP contribution is 2.18. The molecule has 0 aromatic heterocycles. The predicted molar refractivity (Wildman–Crippen MR) is 75.9 cm³/mol. The van der Waals surface area contributed by atoms with Gasteiger partial charge < -0.3 is 0 Å². The largest absolute Gasteiger partial charge is 0.294 e. The molecule has 0 saturated carbocycles. The molecule has 0 radical (unpaired) electrons. The number of hydrogen-bond donors (Lipinski definition) is 0. The van der Waals surface area contributed by atoms with E-state index in [4.69, 9.17) is 11.6 Å². The number of ketones is 2. The summed E-state index contributed by atoms with van der Waals surface area (Å²) < 4.78 is 0. The van der Waals surface area contributed by atoms with Crippen molar-refractivity contribution in [1.29, 1.82) is 0 Å². The van der Waals surface area contributed by atoms with Gasteiger partial charge in [-0.15, -0.1) is 0 Å². The number of carbonyl (C=O) groups is 2. The van der Waals surface area contributed by atoms with E-state index in [2.05, 4.69) is 0 Å². The molecule has 0 atom stereocenters. The maximum absolute atomic E-state index is 12.0. The van der Waals surface area contributed by atoms with Crippen molar-refractivity contribution in [3.05, 3.63) is 70.2 Å². The van der Waals surface area contributed by atoms with E-state index >= 15 is 0 Å². The summed E-state index contributed by atoms with van der Waals surface area (Å²) in [5.41, 5.74) is 1.93. The Morgan fingerprint density at radius 3 is 2.21 bits per heavy atom. The highest BCUT2D eigenvalue weighted by molar-refractivity contribution is 6.31. The summed E-state index contributed by atoms with van der Waals surface area (Å²) in [6, 6.07) is 13.9. The van der Waals surface area contributed by atoms with Crippen LogP contribution in [0.1, 0.15) is 32.7 Å². The molecule has 0 fully saturated rings. The summed E-state index contributed by atoms with van der Waals surface area (Å²) in [7, 11) is 0. The Balaban J connectivity index is 2.13. The molecule has 2 nitrogen and oxygen atoms in total. The predicted octanol–water partition coefficient (Wildman–Crippen LogP) is 4.10. The zero-order chi connectivity index (χ0) is 13.8. The summed E-state index contributed by atoms with van der Waals surface area (Å²) in [6.45, 7) is 1.87. The van der Waals surface area contributed by atoms with E-state index in [9.17, 15) is 9.59 Å². The molecular formula is C16H13ClO2. The SMILES string of the molecule is Cc1ccc(C(=O)CC(=O)c2ccccc2)cc1Cl. The monoisotopic (exact) mass is 272 g/mol. The Kier molecular flexibility index (Phi) is 4.13. The topological polar surface area (TPSA) is 34.1 Å². The number of aryl methyl sites for hydroxylation is 1. The van der Waals surface area contributed by atoms with E-state index in [0.717, 1.165) is 5.56 Å². The lowest BCUT2D eigenvalue weighted by atomic mass is 10.0. The molecule has 2 aromatic carbocycles. The maximum atomic E-state index is 12.0. The van der Waals surface area contributed by atoms with Gasteiger partial charge in [-0.25, -0.2) is 0 Å². The Morgan fingerprint density at radius 1 is 0.947 bits per heavy atom. The maximum Gasteiger partial charge on any atom is 0.170 e. The molecule has 0 aliphatic rings. The van der Waals surface area contributed by atoms with Gasteiger partial charge in [-0.2, -0.15) is 0 Å². The van der Waals surface area contributed by atoms with Gasteiger partial charge in [0, 0.05) is 16.1 Å². The Hall–Kier alpha value is -1.93. The van der Waals surface area contributed by atoms with E-state index in [-0.39, 0.29) is 18.0 Å². The van der Waals surface area contributed by atoms with Crippen LogP contribution in [0.2, 0.25) is 5.02 Å². The summed E-state index contributed by atoms with van der Waals surface area (Å²) in [4.78, 5) is 23.9. The van der Waals surface area contributed by atoms with E-state index < -0.39 is 0 Å². The van der Waals surface area contributed by atoms with Gasteiger partial charge in [0.25, 0.3) is 0 Å². The van der Waals surface area contributed by atoms with Crippen molar-refractivity contribution < 1.29 is 9.59 Å². The Labute approximate surface area is 117 Å². The molecule has 2 rings (SSSR count). The van der Waals surface area contributed by atoms with Crippen molar-refractivity contribution in [2.45, 2.75) is 13.3 Å². The Morgan fingerprint density at radius 2 is 1.58 bits per heavy atom. The zero-order valence-electron chi connectivity index (χ0n) is 10.5. The summed E-state index contributed by atoms with van der Waals surface area (Å²) >= 11 is 5.97. The van der Waals surface area contributed by atoms with Crippen molar-refractivity contribution >= 4 is 23.2 Å². The molecule has 96 valence electrons. The van der Waals surface area contributed by atoms with Crippen molar-refractivity contribution in [2.24, 2.45) is 0 Å². The number of rotatable bonds is 4. The van der Waals surface area contributed by atoms with Crippen LogP contribution in [0.25, 0.3) is 0 Å². The third-order valence-corrected chi connectivity index (χ3v) is 3.32. The van der Waals surface area contributed by atoms with Crippen LogP contribution in [-0.2, 0) is 0 Å². The van der Waals surface area contributed by atoms with Gasteiger partial charge >= 0.3 is 0 Å². The molecule has 2 aromatic rings. The molecular weight excluding hydrogens is 260 g/mol. The summed E-state index contributed by atoms with van der Waals surface area (Å²) in [6.07, 6.45) is -0.136. The molecule has 19 heavy (non-hydrogen) atoms. The van der Waals surface area contributed by atoms with Crippen LogP contribution in [0, 0.1) is 6.92 Å². The molecule has 0 unspecified atom stereocenters. The highest BCUT2D eigenvalue weighted by atomic mass is 35.5. The van der Waals surface area contributed by atoms with E-state index in [0.29, 0.717) is 16.1 Å². The third kappa shape index (κ3) is 3.30. The second-order valence-corrected chi connectivity index (χ2v) is 4.76. The fourth-order valence-electron chi connectivity index (χ4n) is 1.74. The minimum absolute atomic E-state index is 0.136. The molecule has 3 heteroatoms. The molecule has 0 aliphatic heterocycles. The van der Waals surface area contributed by atoms with Gasteiger partial charge in [0.2, 0.25) is 0 Å². The molecule has 0 N–H and O–H groups in total.